The monoisotopic (exact) mass is 414 g/mol. The Bertz CT molecular complexity index is 711. The molecule has 0 saturated carbocycles. The highest BCUT2D eigenvalue weighted by atomic mass is 16.5. The molecule has 3 heterocycles. The summed E-state index contributed by atoms with van der Waals surface area (Å²) >= 11 is 0. The molecule has 0 radical (unpaired) electrons. The molecule has 6 nitrogen and oxygen atoms in total. The first-order valence-corrected chi connectivity index (χ1v) is 11.7. The average Bonchev–Trinajstić information content (AvgIpc) is 3.44. The van der Waals surface area contributed by atoms with E-state index in [-0.39, 0.29) is 6.04 Å². The summed E-state index contributed by atoms with van der Waals surface area (Å²) in [5.74, 6) is 2.02. The summed E-state index contributed by atoms with van der Waals surface area (Å²) < 4.78 is 11.4. The topological polar surface area (TPSA) is 49.3 Å². The van der Waals surface area contributed by atoms with E-state index in [0.717, 1.165) is 64.2 Å². The van der Waals surface area contributed by atoms with Crippen LogP contribution in [0.2, 0.25) is 0 Å². The summed E-state index contributed by atoms with van der Waals surface area (Å²) in [6.45, 7) is 10.0. The van der Waals surface area contributed by atoms with Gasteiger partial charge in [-0.05, 0) is 51.8 Å². The van der Waals surface area contributed by atoms with Crippen LogP contribution in [0, 0.1) is 5.41 Å². The van der Waals surface area contributed by atoms with Gasteiger partial charge in [-0.2, -0.15) is 0 Å². The number of methoxy groups -OCH3 is 1. The van der Waals surface area contributed by atoms with E-state index < -0.39 is 0 Å². The molecule has 1 aromatic rings. The third kappa shape index (κ3) is 4.75. The van der Waals surface area contributed by atoms with Crippen molar-refractivity contribution in [3.63, 3.8) is 0 Å². The summed E-state index contributed by atoms with van der Waals surface area (Å²) in [5, 5.41) is 3.55. The van der Waals surface area contributed by atoms with Gasteiger partial charge >= 0.3 is 0 Å². The van der Waals surface area contributed by atoms with Gasteiger partial charge in [-0.3, -0.25) is 9.89 Å². The van der Waals surface area contributed by atoms with Crippen molar-refractivity contribution < 1.29 is 9.47 Å². The van der Waals surface area contributed by atoms with Crippen LogP contribution in [0.25, 0.3) is 0 Å². The molecule has 0 aliphatic carbocycles. The second-order valence-electron chi connectivity index (χ2n) is 9.02. The lowest BCUT2D eigenvalue weighted by atomic mass is 9.87. The van der Waals surface area contributed by atoms with Crippen LogP contribution in [-0.2, 0) is 4.74 Å². The quantitative estimate of drug-likeness (QED) is 0.572. The first-order valence-electron chi connectivity index (χ1n) is 11.7. The van der Waals surface area contributed by atoms with E-state index in [0.29, 0.717) is 5.41 Å². The standard InChI is InChI=1S/C24H38N4O2/c1-3-25-23(28-15-11-24(18-28)12-16-30-19-24)26-17-21(27-13-7-4-8-14-27)20-9-5-6-10-22(20)29-2/h5-6,9-10,21H,3-4,7-8,11-19H2,1-2H3,(H,25,26). The largest absolute Gasteiger partial charge is 0.496 e. The second-order valence-corrected chi connectivity index (χ2v) is 9.02. The van der Waals surface area contributed by atoms with Gasteiger partial charge < -0.3 is 19.7 Å². The molecule has 4 rings (SSSR count). The zero-order chi connectivity index (χ0) is 20.8. The molecule has 30 heavy (non-hydrogen) atoms. The smallest absolute Gasteiger partial charge is 0.194 e. The van der Waals surface area contributed by atoms with Gasteiger partial charge in [0.1, 0.15) is 5.75 Å². The van der Waals surface area contributed by atoms with Crippen LogP contribution in [-0.4, -0.2) is 75.4 Å². The molecule has 1 aromatic carbocycles. The Kier molecular flexibility index (Phi) is 7.16. The van der Waals surface area contributed by atoms with E-state index in [4.69, 9.17) is 14.5 Å². The number of hydrogen-bond acceptors (Lipinski definition) is 4. The zero-order valence-corrected chi connectivity index (χ0v) is 18.7. The number of hydrogen-bond donors (Lipinski definition) is 1. The number of rotatable bonds is 6. The fourth-order valence-corrected chi connectivity index (χ4v) is 5.27. The highest BCUT2D eigenvalue weighted by Crippen LogP contribution is 2.38. The van der Waals surface area contributed by atoms with Crippen molar-refractivity contribution in [2.75, 3.05) is 59.6 Å². The summed E-state index contributed by atoms with van der Waals surface area (Å²) in [4.78, 5) is 10.2. The fraction of sp³-hybridized carbons (Fsp3) is 0.708. The van der Waals surface area contributed by atoms with E-state index in [1.165, 1.54) is 37.7 Å². The van der Waals surface area contributed by atoms with Gasteiger partial charge in [0.15, 0.2) is 5.96 Å². The van der Waals surface area contributed by atoms with Crippen LogP contribution < -0.4 is 10.1 Å². The minimum atomic E-state index is 0.251. The predicted molar refractivity (Wildman–Crippen MR) is 121 cm³/mol. The van der Waals surface area contributed by atoms with E-state index >= 15 is 0 Å². The van der Waals surface area contributed by atoms with Crippen molar-refractivity contribution in [3.8, 4) is 5.75 Å². The molecule has 0 amide bonds. The second kappa shape index (κ2) is 10.0. The van der Waals surface area contributed by atoms with Crippen molar-refractivity contribution in [3.05, 3.63) is 29.8 Å². The van der Waals surface area contributed by atoms with Gasteiger partial charge in [-0.15, -0.1) is 0 Å². The van der Waals surface area contributed by atoms with E-state index in [2.05, 4.69) is 46.3 Å². The van der Waals surface area contributed by atoms with Crippen molar-refractivity contribution in [1.82, 2.24) is 15.1 Å². The fourth-order valence-electron chi connectivity index (χ4n) is 5.27. The Balaban J connectivity index is 1.54. The first-order chi connectivity index (χ1) is 14.7. The number of piperidine rings is 1. The molecule has 3 fully saturated rings. The van der Waals surface area contributed by atoms with Crippen LogP contribution in [0.15, 0.2) is 29.3 Å². The number of para-hydroxylation sites is 1. The molecule has 3 aliphatic heterocycles. The van der Waals surface area contributed by atoms with Gasteiger partial charge in [0.05, 0.1) is 26.3 Å². The summed E-state index contributed by atoms with van der Waals surface area (Å²) in [6, 6.07) is 8.71. The molecule has 2 unspecified atom stereocenters. The third-order valence-corrected chi connectivity index (χ3v) is 7.00. The number of likely N-dealkylation sites (tertiary alicyclic amines) is 2. The summed E-state index contributed by atoms with van der Waals surface area (Å²) in [6.07, 6.45) is 6.26. The van der Waals surface area contributed by atoms with Crippen LogP contribution >= 0.6 is 0 Å². The number of aliphatic imine (C=N–C) groups is 1. The average molecular weight is 415 g/mol. The molecular formula is C24H38N4O2. The Morgan fingerprint density at radius 1 is 1.20 bits per heavy atom. The van der Waals surface area contributed by atoms with Crippen LogP contribution in [0.3, 0.4) is 0 Å². The van der Waals surface area contributed by atoms with Gasteiger partial charge in [-0.25, -0.2) is 0 Å². The number of benzene rings is 1. The van der Waals surface area contributed by atoms with E-state index in [9.17, 15) is 0 Å². The maximum Gasteiger partial charge on any atom is 0.194 e. The summed E-state index contributed by atoms with van der Waals surface area (Å²) in [5.41, 5.74) is 1.59. The predicted octanol–water partition coefficient (Wildman–Crippen LogP) is 3.30. The molecule has 0 bridgehead atoms. The van der Waals surface area contributed by atoms with Crippen molar-refractivity contribution in [1.29, 1.82) is 0 Å². The first kappa shape index (κ1) is 21.4. The lowest BCUT2D eigenvalue weighted by molar-refractivity contribution is 0.156. The minimum Gasteiger partial charge on any atom is -0.496 e. The van der Waals surface area contributed by atoms with Crippen LogP contribution in [0.4, 0.5) is 0 Å². The third-order valence-electron chi connectivity index (χ3n) is 7.00. The Labute approximate surface area is 181 Å². The highest BCUT2D eigenvalue weighted by Gasteiger charge is 2.42. The Morgan fingerprint density at radius 3 is 2.77 bits per heavy atom. The highest BCUT2D eigenvalue weighted by molar-refractivity contribution is 5.80. The molecule has 2 atom stereocenters. The Morgan fingerprint density at radius 2 is 2.03 bits per heavy atom. The maximum absolute atomic E-state index is 5.72. The van der Waals surface area contributed by atoms with Crippen molar-refractivity contribution in [2.45, 2.75) is 45.1 Å². The maximum atomic E-state index is 5.72. The molecule has 3 saturated heterocycles. The lowest BCUT2D eigenvalue weighted by Crippen LogP contribution is -2.42. The van der Waals surface area contributed by atoms with Gasteiger partial charge in [0.2, 0.25) is 0 Å². The van der Waals surface area contributed by atoms with Gasteiger partial charge in [-0.1, -0.05) is 24.6 Å². The molecule has 166 valence electrons. The van der Waals surface area contributed by atoms with Gasteiger partial charge in [0, 0.05) is 37.2 Å². The number of nitrogens with zero attached hydrogens (tertiary/aromatic N) is 3. The molecular weight excluding hydrogens is 376 g/mol. The van der Waals surface area contributed by atoms with E-state index in [1.807, 2.05) is 0 Å². The molecule has 0 aromatic heterocycles. The van der Waals surface area contributed by atoms with Crippen LogP contribution in [0.1, 0.15) is 50.6 Å². The normalized spacial score (nSPS) is 26.3. The van der Waals surface area contributed by atoms with Crippen molar-refractivity contribution >= 4 is 5.96 Å². The molecule has 6 heteroatoms. The molecule has 3 aliphatic rings. The van der Waals surface area contributed by atoms with E-state index in [1.54, 1.807) is 7.11 Å². The summed E-state index contributed by atoms with van der Waals surface area (Å²) in [7, 11) is 1.77. The Hall–Kier alpha value is -1.79. The molecule has 1 N–H and O–H groups in total. The van der Waals surface area contributed by atoms with Gasteiger partial charge in [0.25, 0.3) is 0 Å². The number of guanidine groups is 1. The number of nitrogens with one attached hydrogen (secondary N) is 1. The lowest BCUT2D eigenvalue weighted by Gasteiger charge is -2.35. The SMILES string of the molecule is CCNC(=NCC(c1ccccc1OC)N1CCCCC1)N1CCC2(CCOC2)C1. The van der Waals surface area contributed by atoms with Crippen LogP contribution in [0.5, 0.6) is 5.75 Å². The van der Waals surface area contributed by atoms with Crippen molar-refractivity contribution in [2.24, 2.45) is 10.4 Å². The number of ether oxygens (including phenoxy) is 2. The minimum absolute atomic E-state index is 0.251. The zero-order valence-electron chi connectivity index (χ0n) is 18.7. The molecule has 1 spiro atoms.